The number of carbonyl (C=O) groups is 1. The van der Waals surface area contributed by atoms with Crippen LogP contribution in [0.5, 0.6) is 0 Å². The number of hydrogen-bond donors (Lipinski definition) is 1. The largest absolute Gasteiger partial charge is 0.481 e. The molecule has 2 aliphatic rings. The van der Waals surface area contributed by atoms with Gasteiger partial charge in [-0.2, -0.15) is 5.26 Å². The predicted molar refractivity (Wildman–Crippen MR) is 63.3 cm³/mol. The molecule has 4 heteroatoms. The molecule has 0 spiro atoms. The number of rotatable bonds is 4. The third-order valence-corrected chi connectivity index (χ3v) is 4.30. The molecule has 2 saturated heterocycles. The van der Waals surface area contributed by atoms with Crippen molar-refractivity contribution in [1.82, 2.24) is 4.90 Å². The molecule has 3 unspecified atom stereocenters. The molecule has 0 saturated carbocycles. The Morgan fingerprint density at radius 1 is 1.53 bits per heavy atom. The summed E-state index contributed by atoms with van der Waals surface area (Å²) in [4.78, 5) is 13.4. The standard InChI is InChI=1S/C13H20N2O2/c1-13(2,8-14)5-6-15-9-3-4-11(15)10(7-9)12(16)17/h9-11H,3-7H2,1-2H3,(H,16,17). The maximum Gasteiger partial charge on any atom is 0.308 e. The van der Waals surface area contributed by atoms with Crippen LogP contribution in [0.15, 0.2) is 0 Å². The minimum Gasteiger partial charge on any atom is -0.481 e. The molecule has 0 amide bonds. The lowest BCUT2D eigenvalue weighted by Crippen LogP contribution is -2.35. The minimum absolute atomic E-state index is 0.182. The molecule has 1 N–H and O–H groups in total. The summed E-state index contributed by atoms with van der Waals surface area (Å²) in [7, 11) is 0. The molecule has 0 aromatic rings. The summed E-state index contributed by atoms with van der Waals surface area (Å²) in [6, 6.07) is 2.96. The summed E-state index contributed by atoms with van der Waals surface area (Å²) < 4.78 is 0. The van der Waals surface area contributed by atoms with E-state index in [-0.39, 0.29) is 17.4 Å². The van der Waals surface area contributed by atoms with Crippen LogP contribution in [0.4, 0.5) is 0 Å². The van der Waals surface area contributed by atoms with Crippen molar-refractivity contribution in [3.8, 4) is 6.07 Å². The van der Waals surface area contributed by atoms with E-state index >= 15 is 0 Å². The number of carboxylic acid groups (broad SMARTS) is 1. The number of nitriles is 1. The van der Waals surface area contributed by atoms with E-state index in [4.69, 9.17) is 10.4 Å². The van der Waals surface area contributed by atoms with E-state index in [9.17, 15) is 4.79 Å². The Kier molecular flexibility index (Phi) is 3.13. The molecule has 17 heavy (non-hydrogen) atoms. The van der Waals surface area contributed by atoms with E-state index in [2.05, 4.69) is 11.0 Å². The summed E-state index contributed by atoms with van der Waals surface area (Å²) in [5, 5.41) is 18.1. The van der Waals surface area contributed by atoms with Crippen molar-refractivity contribution in [1.29, 1.82) is 5.26 Å². The fourth-order valence-electron chi connectivity index (χ4n) is 3.18. The van der Waals surface area contributed by atoms with Gasteiger partial charge in [0.05, 0.1) is 17.4 Å². The van der Waals surface area contributed by atoms with Crippen LogP contribution < -0.4 is 0 Å². The number of carboxylic acids is 1. The van der Waals surface area contributed by atoms with Gasteiger partial charge >= 0.3 is 5.97 Å². The summed E-state index contributed by atoms with van der Waals surface area (Å²) in [5.41, 5.74) is -0.305. The monoisotopic (exact) mass is 236 g/mol. The highest BCUT2D eigenvalue weighted by atomic mass is 16.4. The predicted octanol–water partition coefficient (Wildman–Crippen LogP) is 1.86. The topological polar surface area (TPSA) is 64.3 Å². The van der Waals surface area contributed by atoms with Crippen molar-refractivity contribution >= 4 is 5.97 Å². The lowest BCUT2D eigenvalue weighted by molar-refractivity contribution is -0.142. The second-order valence-corrected chi connectivity index (χ2v) is 5.96. The molecular formula is C13H20N2O2. The Labute approximate surface area is 102 Å². The third-order valence-electron chi connectivity index (χ3n) is 4.30. The average Bonchev–Trinajstić information content (AvgIpc) is 2.83. The lowest BCUT2D eigenvalue weighted by Gasteiger charge is -2.25. The third kappa shape index (κ3) is 2.30. The van der Waals surface area contributed by atoms with Crippen LogP contribution in [0.3, 0.4) is 0 Å². The highest BCUT2D eigenvalue weighted by molar-refractivity contribution is 5.71. The van der Waals surface area contributed by atoms with Crippen molar-refractivity contribution < 1.29 is 9.90 Å². The highest BCUT2D eigenvalue weighted by Crippen LogP contribution is 2.42. The van der Waals surface area contributed by atoms with Crippen LogP contribution in [0.25, 0.3) is 0 Å². The van der Waals surface area contributed by atoms with Gasteiger partial charge in [-0.15, -0.1) is 0 Å². The van der Waals surface area contributed by atoms with Crippen LogP contribution >= 0.6 is 0 Å². The van der Waals surface area contributed by atoms with Crippen LogP contribution in [0.2, 0.25) is 0 Å². The molecule has 2 rings (SSSR count). The smallest absolute Gasteiger partial charge is 0.308 e. The van der Waals surface area contributed by atoms with Crippen LogP contribution in [0, 0.1) is 22.7 Å². The molecule has 0 aromatic heterocycles. The van der Waals surface area contributed by atoms with Gasteiger partial charge in [0.1, 0.15) is 0 Å². The maximum atomic E-state index is 11.1. The molecule has 4 nitrogen and oxygen atoms in total. The molecule has 2 heterocycles. The Morgan fingerprint density at radius 2 is 2.24 bits per heavy atom. The minimum atomic E-state index is -0.651. The quantitative estimate of drug-likeness (QED) is 0.809. The number of aliphatic carboxylic acids is 1. The fourth-order valence-corrected chi connectivity index (χ4v) is 3.18. The lowest BCUT2D eigenvalue weighted by atomic mass is 9.89. The molecule has 2 bridgehead atoms. The van der Waals surface area contributed by atoms with Crippen LogP contribution in [0.1, 0.15) is 39.5 Å². The van der Waals surface area contributed by atoms with E-state index < -0.39 is 5.97 Å². The fraction of sp³-hybridized carbons (Fsp3) is 0.846. The number of nitrogens with zero attached hydrogens (tertiary/aromatic N) is 2. The number of hydrogen-bond acceptors (Lipinski definition) is 3. The van der Waals surface area contributed by atoms with E-state index in [1.165, 1.54) is 0 Å². The second-order valence-electron chi connectivity index (χ2n) is 5.96. The van der Waals surface area contributed by atoms with Gasteiger partial charge in [-0.1, -0.05) is 0 Å². The Hall–Kier alpha value is -1.08. The van der Waals surface area contributed by atoms with Crippen molar-refractivity contribution in [3.63, 3.8) is 0 Å². The van der Waals surface area contributed by atoms with Crippen molar-refractivity contribution in [2.45, 2.75) is 51.6 Å². The van der Waals surface area contributed by atoms with Crippen molar-refractivity contribution in [2.24, 2.45) is 11.3 Å². The Bertz CT molecular complexity index is 359. The van der Waals surface area contributed by atoms with E-state index in [0.717, 1.165) is 32.2 Å². The zero-order chi connectivity index (χ0) is 12.6. The number of fused-ring (bicyclic) bond motifs is 2. The molecule has 2 fully saturated rings. The molecule has 3 atom stereocenters. The summed E-state index contributed by atoms with van der Waals surface area (Å²) in [6.45, 7) is 4.75. The zero-order valence-electron chi connectivity index (χ0n) is 10.5. The highest BCUT2D eigenvalue weighted by Gasteiger charge is 2.49. The normalized spacial score (nSPS) is 32.6. The Balaban J connectivity index is 1.96. The average molecular weight is 236 g/mol. The first-order valence-corrected chi connectivity index (χ1v) is 6.34. The molecule has 94 valence electrons. The van der Waals surface area contributed by atoms with Gasteiger partial charge < -0.3 is 5.11 Å². The van der Waals surface area contributed by atoms with Gasteiger partial charge in [0, 0.05) is 18.6 Å². The first kappa shape index (κ1) is 12.4. The summed E-state index contributed by atoms with van der Waals surface area (Å²) in [5.74, 6) is -0.833. The van der Waals surface area contributed by atoms with Gasteiger partial charge in [-0.3, -0.25) is 9.69 Å². The first-order valence-electron chi connectivity index (χ1n) is 6.34. The first-order chi connectivity index (χ1) is 7.94. The van der Waals surface area contributed by atoms with Gasteiger partial charge in [-0.25, -0.2) is 0 Å². The molecule has 0 aliphatic carbocycles. The van der Waals surface area contributed by atoms with Gasteiger partial charge in [0.2, 0.25) is 0 Å². The maximum absolute atomic E-state index is 11.1. The summed E-state index contributed by atoms with van der Waals surface area (Å²) in [6.07, 6.45) is 3.76. The molecular weight excluding hydrogens is 216 g/mol. The second kappa shape index (κ2) is 4.30. The van der Waals surface area contributed by atoms with Crippen molar-refractivity contribution in [3.05, 3.63) is 0 Å². The zero-order valence-corrected chi connectivity index (χ0v) is 10.5. The molecule has 0 aromatic carbocycles. The molecule has 0 radical (unpaired) electrons. The SMILES string of the molecule is CC(C)(C#N)CCN1C2CCC1C(C(=O)O)C2. The van der Waals surface area contributed by atoms with Gasteiger partial charge in [-0.05, 0) is 39.5 Å². The van der Waals surface area contributed by atoms with E-state index in [0.29, 0.717) is 6.04 Å². The van der Waals surface area contributed by atoms with Gasteiger partial charge in [0.15, 0.2) is 0 Å². The van der Waals surface area contributed by atoms with E-state index in [1.54, 1.807) is 0 Å². The van der Waals surface area contributed by atoms with Gasteiger partial charge in [0.25, 0.3) is 0 Å². The van der Waals surface area contributed by atoms with Crippen LogP contribution in [-0.4, -0.2) is 34.6 Å². The van der Waals surface area contributed by atoms with Crippen LogP contribution in [-0.2, 0) is 4.79 Å². The summed E-state index contributed by atoms with van der Waals surface area (Å²) >= 11 is 0. The molecule has 2 aliphatic heterocycles. The Morgan fingerprint density at radius 3 is 2.76 bits per heavy atom. The van der Waals surface area contributed by atoms with E-state index in [1.807, 2.05) is 13.8 Å². The van der Waals surface area contributed by atoms with Crippen molar-refractivity contribution in [2.75, 3.05) is 6.54 Å².